The summed E-state index contributed by atoms with van der Waals surface area (Å²) in [5.74, 6) is -0.167. The van der Waals surface area contributed by atoms with Crippen molar-refractivity contribution in [2.45, 2.75) is 25.9 Å². The number of carboxylic acid groups (broad SMARTS) is 1. The fourth-order valence-corrected chi connectivity index (χ4v) is 5.28. The molecule has 2 aromatic carbocycles. The second-order valence-corrected chi connectivity index (χ2v) is 9.10. The topological polar surface area (TPSA) is 79.6 Å². The van der Waals surface area contributed by atoms with Gasteiger partial charge in [-0.25, -0.2) is 4.79 Å². The molecule has 0 bridgehead atoms. The van der Waals surface area contributed by atoms with Gasteiger partial charge in [0.05, 0.1) is 30.5 Å². The number of methoxy groups -OCH3 is 1. The average molecular weight is 499 g/mol. The Labute approximate surface area is 215 Å². The summed E-state index contributed by atoms with van der Waals surface area (Å²) in [4.78, 5) is 18.1. The molecule has 1 aliphatic rings. The molecule has 2 atom stereocenters. The number of nitrogens with zero attached hydrogens (tertiary/aromatic N) is 3. The summed E-state index contributed by atoms with van der Waals surface area (Å²) in [7, 11) is 1.65. The van der Waals surface area contributed by atoms with Gasteiger partial charge < -0.3 is 24.6 Å². The Kier molecular flexibility index (Phi) is 6.20. The van der Waals surface area contributed by atoms with E-state index in [0.717, 1.165) is 39.8 Å². The van der Waals surface area contributed by atoms with Gasteiger partial charge in [-0.2, -0.15) is 0 Å². The largest absolute Gasteiger partial charge is 0.497 e. The smallest absolute Gasteiger partial charge is 0.335 e. The Morgan fingerprint density at radius 1 is 1.03 bits per heavy atom. The molecule has 7 nitrogen and oxygen atoms in total. The summed E-state index contributed by atoms with van der Waals surface area (Å²) >= 11 is 5.85. The number of hydrogen-bond donors (Lipinski definition) is 2. The minimum atomic E-state index is -0.943. The normalized spacial score (nSPS) is 17.2. The number of thiocarbonyl (C=S) groups is 1. The number of carboxylic acids is 1. The summed E-state index contributed by atoms with van der Waals surface area (Å²) in [6.07, 6.45) is 1.79. The number of aromatic carboxylic acids is 1. The molecule has 1 fully saturated rings. The lowest BCUT2D eigenvalue weighted by Crippen LogP contribution is -2.29. The Hall–Kier alpha value is -4.17. The monoisotopic (exact) mass is 498 g/mol. The molecular weight excluding hydrogens is 472 g/mol. The first kappa shape index (κ1) is 23.6. The fraction of sp³-hybridized carbons (Fsp3) is 0.179. The van der Waals surface area contributed by atoms with Crippen LogP contribution in [0.4, 0.5) is 5.69 Å². The molecule has 1 aliphatic heterocycles. The van der Waals surface area contributed by atoms with E-state index in [9.17, 15) is 9.90 Å². The number of ether oxygens (including phenoxy) is 1. The van der Waals surface area contributed by atoms with Gasteiger partial charge in [0.1, 0.15) is 5.75 Å². The summed E-state index contributed by atoms with van der Waals surface area (Å²) in [5.41, 5.74) is 6.20. The molecule has 3 heterocycles. The van der Waals surface area contributed by atoms with Gasteiger partial charge in [0, 0.05) is 29.0 Å². The number of rotatable bonds is 6. The third-order valence-corrected chi connectivity index (χ3v) is 6.92. The standard InChI is InChI=1S/C28H26N4O3S/c1-17-16-23(18(2)31(17)20-9-7-19(8-10-20)27(33)34)26-25(24-6-4-5-15-29-24)30-28(36)32(26)21-11-13-22(35-3)14-12-21/h4-16,25-26H,1-3H3,(H,30,36)(H,33,34)/t25-,26+/m1/s1. The van der Waals surface area contributed by atoms with Crippen LogP contribution in [0.15, 0.2) is 79.0 Å². The predicted molar refractivity (Wildman–Crippen MR) is 143 cm³/mol. The van der Waals surface area contributed by atoms with Crippen molar-refractivity contribution in [2.75, 3.05) is 12.0 Å². The quantitative estimate of drug-likeness (QED) is 0.346. The van der Waals surface area contributed by atoms with Crippen LogP contribution < -0.4 is 15.0 Å². The molecule has 4 aromatic rings. The van der Waals surface area contributed by atoms with Gasteiger partial charge in [0.2, 0.25) is 0 Å². The van der Waals surface area contributed by atoms with Crippen molar-refractivity contribution < 1.29 is 14.6 Å². The maximum Gasteiger partial charge on any atom is 0.335 e. The third kappa shape index (κ3) is 4.09. The van der Waals surface area contributed by atoms with E-state index in [1.54, 1.807) is 25.4 Å². The average Bonchev–Trinajstić information content (AvgIpc) is 3.39. The van der Waals surface area contributed by atoms with Crippen LogP contribution in [-0.2, 0) is 0 Å². The van der Waals surface area contributed by atoms with Gasteiger partial charge >= 0.3 is 5.97 Å². The molecule has 8 heteroatoms. The summed E-state index contributed by atoms with van der Waals surface area (Å²) < 4.78 is 7.50. The van der Waals surface area contributed by atoms with Crippen LogP contribution in [0.5, 0.6) is 5.75 Å². The summed E-state index contributed by atoms with van der Waals surface area (Å²) in [5, 5.41) is 13.4. The summed E-state index contributed by atoms with van der Waals surface area (Å²) in [6, 6.07) is 22.5. The Morgan fingerprint density at radius 2 is 1.72 bits per heavy atom. The fourth-order valence-electron chi connectivity index (χ4n) is 4.93. The van der Waals surface area contributed by atoms with Gasteiger partial charge in [-0.05, 0) is 98.4 Å². The van der Waals surface area contributed by atoms with Crippen molar-refractivity contribution in [3.8, 4) is 11.4 Å². The Balaban J connectivity index is 1.64. The first-order valence-electron chi connectivity index (χ1n) is 11.6. The van der Waals surface area contributed by atoms with Gasteiger partial charge in [-0.3, -0.25) is 4.98 Å². The number of benzene rings is 2. The van der Waals surface area contributed by atoms with Crippen molar-refractivity contribution in [1.82, 2.24) is 14.9 Å². The van der Waals surface area contributed by atoms with Crippen LogP contribution in [0.3, 0.4) is 0 Å². The van der Waals surface area contributed by atoms with E-state index >= 15 is 0 Å². The zero-order chi connectivity index (χ0) is 25.4. The van der Waals surface area contributed by atoms with Gasteiger partial charge in [0.15, 0.2) is 5.11 Å². The maximum atomic E-state index is 11.3. The number of hydrogen-bond acceptors (Lipinski definition) is 4. The molecule has 182 valence electrons. The minimum absolute atomic E-state index is 0.154. The maximum absolute atomic E-state index is 11.3. The van der Waals surface area contributed by atoms with E-state index in [1.807, 2.05) is 54.6 Å². The van der Waals surface area contributed by atoms with Crippen LogP contribution in [-0.4, -0.2) is 32.8 Å². The molecule has 1 saturated heterocycles. The van der Waals surface area contributed by atoms with E-state index in [0.29, 0.717) is 5.11 Å². The highest BCUT2D eigenvalue weighted by Crippen LogP contribution is 2.44. The number of anilines is 1. The van der Waals surface area contributed by atoms with E-state index < -0.39 is 5.97 Å². The molecule has 0 saturated carbocycles. The zero-order valence-corrected chi connectivity index (χ0v) is 21.0. The van der Waals surface area contributed by atoms with E-state index in [1.165, 1.54) is 0 Å². The molecular formula is C28H26N4O3S. The van der Waals surface area contributed by atoms with Gasteiger partial charge in [-0.1, -0.05) is 6.07 Å². The second kappa shape index (κ2) is 9.47. The van der Waals surface area contributed by atoms with E-state index in [-0.39, 0.29) is 17.6 Å². The van der Waals surface area contributed by atoms with Crippen molar-refractivity contribution in [1.29, 1.82) is 0 Å². The second-order valence-electron chi connectivity index (χ2n) is 8.71. The Morgan fingerprint density at radius 3 is 2.33 bits per heavy atom. The third-order valence-electron chi connectivity index (χ3n) is 6.61. The molecule has 0 aliphatic carbocycles. The van der Waals surface area contributed by atoms with E-state index in [4.69, 9.17) is 17.0 Å². The number of pyridine rings is 1. The number of aromatic nitrogens is 2. The number of nitrogens with one attached hydrogen (secondary N) is 1. The zero-order valence-electron chi connectivity index (χ0n) is 20.2. The van der Waals surface area contributed by atoms with Gasteiger partial charge in [-0.15, -0.1) is 0 Å². The van der Waals surface area contributed by atoms with Crippen molar-refractivity contribution in [3.63, 3.8) is 0 Å². The number of aryl methyl sites for hydroxylation is 1. The first-order valence-corrected chi connectivity index (χ1v) is 12.0. The molecule has 2 N–H and O–H groups in total. The van der Waals surface area contributed by atoms with Crippen molar-refractivity contribution in [2.24, 2.45) is 0 Å². The SMILES string of the molecule is COc1ccc(N2C(=S)N[C@H](c3ccccn3)[C@@H]2c2cc(C)n(-c3ccc(C(=O)O)cc3)c2C)cc1. The highest BCUT2D eigenvalue weighted by Gasteiger charge is 2.42. The Bertz CT molecular complexity index is 1420. The van der Waals surface area contributed by atoms with Gasteiger partial charge in [0.25, 0.3) is 0 Å². The van der Waals surface area contributed by atoms with Crippen LogP contribution in [0.25, 0.3) is 5.69 Å². The molecule has 5 rings (SSSR count). The molecule has 0 spiro atoms. The molecule has 2 aromatic heterocycles. The van der Waals surface area contributed by atoms with Crippen LogP contribution >= 0.6 is 12.2 Å². The lowest BCUT2D eigenvalue weighted by Gasteiger charge is -2.28. The molecule has 0 amide bonds. The van der Waals surface area contributed by atoms with Crippen LogP contribution in [0.2, 0.25) is 0 Å². The van der Waals surface area contributed by atoms with Crippen molar-refractivity contribution in [3.05, 3.63) is 107 Å². The van der Waals surface area contributed by atoms with Crippen LogP contribution in [0, 0.1) is 13.8 Å². The highest BCUT2D eigenvalue weighted by molar-refractivity contribution is 7.80. The van der Waals surface area contributed by atoms with Crippen LogP contribution in [0.1, 0.15) is 45.1 Å². The molecule has 0 unspecified atom stereocenters. The minimum Gasteiger partial charge on any atom is -0.497 e. The lowest BCUT2D eigenvalue weighted by molar-refractivity contribution is 0.0697. The van der Waals surface area contributed by atoms with E-state index in [2.05, 4.69) is 39.7 Å². The number of carbonyl (C=O) groups is 1. The lowest BCUT2D eigenvalue weighted by atomic mass is 9.96. The highest BCUT2D eigenvalue weighted by atomic mass is 32.1. The van der Waals surface area contributed by atoms with Crippen molar-refractivity contribution >= 4 is 29.0 Å². The molecule has 36 heavy (non-hydrogen) atoms. The molecule has 0 radical (unpaired) electrons. The predicted octanol–water partition coefficient (Wildman–Crippen LogP) is 5.37. The first-order chi connectivity index (χ1) is 17.4. The summed E-state index contributed by atoms with van der Waals surface area (Å²) in [6.45, 7) is 4.13.